The summed E-state index contributed by atoms with van der Waals surface area (Å²) in [6.07, 6.45) is 0.924. The predicted molar refractivity (Wildman–Crippen MR) is 40.7 cm³/mol. The van der Waals surface area contributed by atoms with Crippen LogP contribution in [0.15, 0.2) is 0 Å². The van der Waals surface area contributed by atoms with Crippen LogP contribution in [0.1, 0.15) is 40.5 Å². The van der Waals surface area contributed by atoms with Crippen molar-refractivity contribution in [3.8, 4) is 0 Å². The fourth-order valence-electron chi connectivity index (χ4n) is 0.603. The van der Waals surface area contributed by atoms with Crippen molar-refractivity contribution in [1.29, 1.82) is 0 Å². The highest BCUT2D eigenvalue weighted by molar-refractivity contribution is 4.73. The summed E-state index contributed by atoms with van der Waals surface area (Å²) in [5, 5.41) is 9.21. The summed E-state index contributed by atoms with van der Waals surface area (Å²) >= 11 is 0. The fourth-order valence-corrected chi connectivity index (χ4v) is 0.603. The number of halogens is 1. The zero-order chi connectivity index (χ0) is 8.41. The zero-order valence-electron chi connectivity index (χ0n) is 7.24. The van der Waals surface area contributed by atoms with Crippen LogP contribution in [-0.2, 0) is 0 Å². The molecule has 0 aliphatic heterocycles. The van der Waals surface area contributed by atoms with E-state index in [1.54, 1.807) is 13.8 Å². The lowest BCUT2D eigenvalue weighted by molar-refractivity contribution is 0.0491. The SMILES string of the molecule is CC(C)(O)CCC(C)(C)F. The van der Waals surface area contributed by atoms with E-state index in [9.17, 15) is 9.50 Å². The van der Waals surface area contributed by atoms with Gasteiger partial charge in [-0.05, 0) is 40.5 Å². The Kier molecular flexibility index (Phi) is 2.84. The average Bonchev–Trinajstić information content (AvgIpc) is 1.57. The minimum absolute atomic E-state index is 0.413. The number of hydrogen-bond acceptors (Lipinski definition) is 1. The van der Waals surface area contributed by atoms with Gasteiger partial charge >= 0.3 is 0 Å². The standard InChI is InChI=1S/C8H17FO/c1-7(2,9)5-6-8(3,4)10/h10H,5-6H2,1-4H3. The van der Waals surface area contributed by atoms with Crippen LogP contribution in [0.5, 0.6) is 0 Å². The van der Waals surface area contributed by atoms with Crippen LogP contribution < -0.4 is 0 Å². The molecule has 0 aromatic carbocycles. The van der Waals surface area contributed by atoms with Crippen molar-refractivity contribution in [2.75, 3.05) is 0 Å². The number of alkyl halides is 1. The lowest BCUT2D eigenvalue weighted by Crippen LogP contribution is -2.23. The summed E-state index contributed by atoms with van der Waals surface area (Å²) in [5.41, 5.74) is -1.89. The maximum Gasteiger partial charge on any atom is 0.105 e. The van der Waals surface area contributed by atoms with Gasteiger partial charge in [-0.15, -0.1) is 0 Å². The second-order valence-corrected chi connectivity index (χ2v) is 4.03. The van der Waals surface area contributed by atoms with Gasteiger partial charge in [0.25, 0.3) is 0 Å². The second-order valence-electron chi connectivity index (χ2n) is 4.03. The molecule has 0 unspecified atom stereocenters. The van der Waals surface area contributed by atoms with Crippen LogP contribution in [-0.4, -0.2) is 16.4 Å². The van der Waals surface area contributed by atoms with Crippen molar-refractivity contribution >= 4 is 0 Å². The quantitative estimate of drug-likeness (QED) is 0.651. The molecule has 0 rings (SSSR count). The van der Waals surface area contributed by atoms with Gasteiger partial charge in [0, 0.05) is 0 Å². The van der Waals surface area contributed by atoms with E-state index in [1.165, 1.54) is 13.8 Å². The van der Waals surface area contributed by atoms with Crippen LogP contribution in [0.25, 0.3) is 0 Å². The van der Waals surface area contributed by atoms with Crippen LogP contribution >= 0.6 is 0 Å². The van der Waals surface area contributed by atoms with Crippen molar-refractivity contribution in [2.24, 2.45) is 0 Å². The number of aliphatic hydroxyl groups is 1. The fraction of sp³-hybridized carbons (Fsp3) is 1.00. The summed E-state index contributed by atoms with van der Waals surface area (Å²) in [6.45, 7) is 6.44. The van der Waals surface area contributed by atoms with Crippen LogP contribution in [0.4, 0.5) is 4.39 Å². The first-order valence-corrected chi connectivity index (χ1v) is 3.62. The molecule has 2 heteroatoms. The van der Waals surface area contributed by atoms with Crippen molar-refractivity contribution < 1.29 is 9.50 Å². The molecule has 0 atom stereocenters. The third kappa shape index (κ3) is 7.89. The van der Waals surface area contributed by atoms with Crippen LogP contribution in [0.3, 0.4) is 0 Å². The zero-order valence-corrected chi connectivity index (χ0v) is 7.24. The lowest BCUT2D eigenvalue weighted by Gasteiger charge is -2.21. The Bertz CT molecular complexity index is 82.8. The van der Waals surface area contributed by atoms with E-state index in [1.807, 2.05) is 0 Å². The van der Waals surface area contributed by atoms with E-state index in [4.69, 9.17) is 0 Å². The Morgan fingerprint density at radius 1 is 1.10 bits per heavy atom. The minimum atomic E-state index is -1.15. The molecule has 0 aromatic rings. The minimum Gasteiger partial charge on any atom is -0.390 e. The summed E-state index contributed by atoms with van der Waals surface area (Å²) in [5.74, 6) is 0. The summed E-state index contributed by atoms with van der Waals surface area (Å²) in [4.78, 5) is 0. The molecule has 0 aromatic heterocycles. The Hall–Kier alpha value is -0.110. The highest BCUT2D eigenvalue weighted by Crippen LogP contribution is 2.21. The molecule has 0 heterocycles. The smallest absolute Gasteiger partial charge is 0.105 e. The molecule has 0 radical (unpaired) electrons. The maximum atomic E-state index is 12.8. The molecule has 0 aliphatic carbocycles. The molecule has 0 bridgehead atoms. The third-order valence-corrected chi connectivity index (χ3v) is 1.33. The van der Waals surface area contributed by atoms with Crippen LogP contribution in [0, 0.1) is 0 Å². The summed E-state index contributed by atoms with van der Waals surface area (Å²) in [7, 11) is 0. The highest BCUT2D eigenvalue weighted by Gasteiger charge is 2.20. The Balaban J connectivity index is 3.56. The molecule has 0 amide bonds. The normalized spacial score (nSPS) is 13.8. The molecule has 62 valence electrons. The molecule has 0 fully saturated rings. The number of rotatable bonds is 3. The van der Waals surface area contributed by atoms with Crippen molar-refractivity contribution in [1.82, 2.24) is 0 Å². The molecule has 10 heavy (non-hydrogen) atoms. The lowest BCUT2D eigenvalue weighted by atomic mass is 9.95. The van der Waals surface area contributed by atoms with Gasteiger partial charge in [0.1, 0.15) is 5.67 Å². The monoisotopic (exact) mass is 148 g/mol. The Morgan fingerprint density at radius 2 is 1.50 bits per heavy atom. The van der Waals surface area contributed by atoms with Gasteiger partial charge in [0.15, 0.2) is 0 Å². The molecule has 1 N–H and O–H groups in total. The molecule has 0 aliphatic rings. The van der Waals surface area contributed by atoms with Gasteiger partial charge in [-0.1, -0.05) is 0 Å². The molecule has 0 spiro atoms. The highest BCUT2D eigenvalue weighted by atomic mass is 19.1. The number of hydrogen-bond donors (Lipinski definition) is 1. The molecule has 0 saturated heterocycles. The van der Waals surface area contributed by atoms with Gasteiger partial charge in [-0.3, -0.25) is 0 Å². The maximum absolute atomic E-state index is 12.8. The van der Waals surface area contributed by atoms with Gasteiger partial charge in [-0.25, -0.2) is 4.39 Å². The Morgan fingerprint density at radius 3 is 1.60 bits per heavy atom. The van der Waals surface area contributed by atoms with E-state index < -0.39 is 11.3 Å². The van der Waals surface area contributed by atoms with Gasteiger partial charge in [0.05, 0.1) is 5.60 Å². The van der Waals surface area contributed by atoms with E-state index in [-0.39, 0.29) is 0 Å². The van der Waals surface area contributed by atoms with E-state index in [0.717, 1.165) is 0 Å². The molecular formula is C8H17FO. The molecular weight excluding hydrogens is 131 g/mol. The van der Waals surface area contributed by atoms with Crippen LogP contribution in [0.2, 0.25) is 0 Å². The first-order valence-electron chi connectivity index (χ1n) is 3.62. The molecule has 1 nitrogen and oxygen atoms in total. The van der Waals surface area contributed by atoms with E-state index >= 15 is 0 Å². The third-order valence-electron chi connectivity index (χ3n) is 1.33. The van der Waals surface area contributed by atoms with Crippen molar-refractivity contribution in [3.05, 3.63) is 0 Å². The molecule has 0 saturated carbocycles. The van der Waals surface area contributed by atoms with Gasteiger partial charge in [0.2, 0.25) is 0 Å². The first kappa shape index (κ1) is 9.89. The van der Waals surface area contributed by atoms with E-state index in [0.29, 0.717) is 12.8 Å². The van der Waals surface area contributed by atoms with Crippen molar-refractivity contribution in [2.45, 2.75) is 51.8 Å². The topological polar surface area (TPSA) is 20.2 Å². The summed E-state index contributed by atoms with van der Waals surface area (Å²) in [6, 6.07) is 0. The van der Waals surface area contributed by atoms with Crippen molar-refractivity contribution in [3.63, 3.8) is 0 Å². The first-order chi connectivity index (χ1) is 4.21. The van der Waals surface area contributed by atoms with E-state index in [2.05, 4.69) is 0 Å². The summed E-state index contributed by atoms with van der Waals surface area (Å²) < 4.78 is 12.8. The largest absolute Gasteiger partial charge is 0.390 e. The average molecular weight is 148 g/mol. The predicted octanol–water partition coefficient (Wildman–Crippen LogP) is 2.29. The van der Waals surface area contributed by atoms with Gasteiger partial charge < -0.3 is 5.11 Å². The Labute approximate surface area is 62.3 Å². The van der Waals surface area contributed by atoms with Gasteiger partial charge in [-0.2, -0.15) is 0 Å². The second kappa shape index (κ2) is 2.87.